The minimum absolute atomic E-state index is 0.795. The maximum Gasteiger partial charge on any atom is 0.156 e. The SMILES string of the molecule is CCCCc1cc2c(o1)c(Cc1ccccc1)nc1ccccc12. The second-order valence-corrected chi connectivity index (χ2v) is 6.30. The molecule has 2 nitrogen and oxygen atoms in total. The molecule has 0 spiro atoms. The monoisotopic (exact) mass is 315 g/mol. The molecule has 0 N–H and O–H groups in total. The average Bonchev–Trinajstić information content (AvgIpc) is 3.06. The molecule has 0 aliphatic heterocycles. The lowest BCUT2D eigenvalue weighted by atomic mass is 10.0. The minimum Gasteiger partial charge on any atom is -0.459 e. The lowest BCUT2D eigenvalue weighted by Crippen LogP contribution is -1.94. The van der Waals surface area contributed by atoms with Gasteiger partial charge in [-0.15, -0.1) is 0 Å². The molecule has 4 aromatic rings. The number of benzene rings is 2. The van der Waals surface area contributed by atoms with Gasteiger partial charge in [0, 0.05) is 23.6 Å². The molecule has 0 saturated carbocycles. The lowest BCUT2D eigenvalue weighted by Gasteiger charge is -2.05. The molecule has 0 radical (unpaired) electrons. The predicted molar refractivity (Wildman–Crippen MR) is 99.4 cm³/mol. The van der Waals surface area contributed by atoms with Crippen LogP contribution in [0.1, 0.15) is 36.8 Å². The van der Waals surface area contributed by atoms with Crippen molar-refractivity contribution < 1.29 is 4.42 Å². The van der Waals surface area contributed by atoms with E-state index >= 15 is 0 Å². The van der Waals surface area contributed by atoms with Crippen LogP contribution < -0.4 is 0 Å². The van der Waals surface area contributed by atoms with Gasteiger partial charge in [0.1, 0.15) is 5.76 Å². The van der Waals surface area contributed by atoms with Gasteiger partial charge in [0.05, 0.1) is 11.2 Å². The Balaban J connectivity index is 1.88. The molecule has 0 fully saturated rings. The van der Waals surface area contributed by atoms with E-state index in [1.165, 1.54) is 22.8 Å². The lowest BCUT2D eigenvalue weighted by molar-refractivity contribution is 0.533. The highest BCUT2D eigenvalue weighted by Gasteiger charge is 2.14. The molecule has 0 unspecified atom stereocenters. The van der Waals surface area contributed by atoms with Crippen molar-refractivity contribution in [1.29, 1.82) is 0 Å². The summed E-state index contributed by atoms with van der Waals surface area (Å²) in [6.45, 7) is 2.21. The Hall–Kier alpha value is -2.61. The fourth-order valence-corrected chi connectivity index (χ4v) is 3.23. The molecule has 0 amide bonds. The highest BCUT2D eigenvalue weighted by Crippen LogP contribution is 2.31. The maximum absolute atomic E-state index is 6.22. The summed E-state index contributed by atoms with van der Waals surface area (Å²) in [6, 6.07) is 21.0. The molecule has 2 heterocycles. The Bertz CT molecular complexity index is 969. The smallest absolute Gasteiger partial charge is 0.156 e. The topological polar surface area (TPSA) is 26.0 Å². The Morgan fingerprint density at radius 3 is 2.54 bits per heavy atom. The van der Waals surface area contributed by atoms with Crippen molar-refractivity contribution in [3.8, 4) is 0 Å². The Morgan fingerprint density at radius 2 is 1.71 bits per heavy atom. The summed E-state index contributed by atoms with van der Waals surface area (Å²) in [5.74, 6) is 1.07. The van der Waals surface area contributed by atoms with E-state index in [2.05, 4.69) is 55.5 Å². The zero-order valence-electron chi connectivity index (χ0n) is 14.0. The van der Waals surface area contributed by atoms with Gasteiger partial charge in [0.15, 0.2) is 5.58 Å². The third-order valence-corrected chi connectivity index (χ3v) is 4.49. The van der Waals surface area contributed by atoms with Gasteiger partial charge in [-0.05, 0) is 24.1 Å². The van der Waals surface area contributed by atoms with Crippen LogP contribution >= 0.6 is 0 Å². The molecule has 24 heavy (non-hydrogen) atoms. The number of pyridine rings is 1. The molecule has 120 valence electrons. The summed E-state index contributed by atoms with van der Waals surface area (Å²) in [7, 11) is 0. The molecule has 0 saturated heterocycles. The first-order valence-corrected chi connectivity index (χ1v) is 8.69. The van der Waals surface area contributed by atoms with Gasteiger partial charge in [-0.25, -0.2) is 4.98 Å². The molecule has 0 aliphatic carbocycles. The molecule has 2 heteroatoms. The van der Waals surface area contributed by atoms with E-state index in [4.69, 9.17) is 9.40 Å². The van der Waals surface area contributed by atoms with Crippen LogP contribution in [0.3, 0.4) is 0 Å². The van der Waals surface area contributed by atoms with Gasteiger partial charge in [0.2, 0.25) is 0 Å². The Labute approximate surface area is 142 Å². The van der Waals surface area contributed by atoms with E-state index in [-0.39, 0.29) is 0 Å². The van der Waals surface area contributed by atoms with Crippen molar-refractivity contribution in [2.45, 2.75) is 32.6 Å². The van der Waals surface area contributed by atoms with Crippen LogP contribution in [0.4, 0.5) is 0 Å². The highest BCUT2D eigenvalue weighted by molar-refractivity contribution is 6.05. The third-order valence-electron chi connectivity index (χ3n) is 4.49. The number of unbranched alkanes of at least 4 members (excludes halogenated alkanes) is 1. The van der Waals surface area contributed by atoms with E-state index in [1.54, 1.807) is 0 Å². The summed E-state index contributed by atoms with van der Waals surface area (Å²) in [6.07, 6.45) is 4.11. The quantitative estimate of drug-likeness (QED) is 0.457. The first-order valence-electron chi connectivity index (χ1n) is 8.69. The first-order chi connectivity index (χ1) is 11.8. The third kappa shape index (κ3) is 2.80. The van der Waals surface area contributed by atoms with E-state index < -0.39 is 0 Å². The van der Waals surface area contributed by atoms with Gasteiger partial charge in [0.25, 0.3) is 0 Å². The number of furan rings is 1. The fraction of sp³-hybridized carbons (Fsp3) is 0.227. The first kappa shape index (κ1) is 14.9. The van der Waals surface area contributed by atoms with Crippen LogP contribution in [0.2, 0.25) is 0 Å². The van der Waals surface area contributed by atoms with Crippen molar-refractivity contribution >= 4 is 21.9 Å². The van der Waals surface area contributed by atoms with Gasteiger partial charge in [-0.2, -0.15) is 0 Å². The molecular formula is C22H21NO. The maximum atomic E-state index is 6.22. The van der Waals surface area contributed by atoms with Crippen LogP contribution in [0.15, 0.2) is 65.1 Å². The Kier molecular flexibility index (Phi) is 4.04. The number of aromatic nitrogens is 1. The van der Waals surface area contributed by atoms with Crippen molar-refractivity contribution in [3.63, 3.8) is 0 Å². The van der Waals surface area contributed by atoms with Gasteiger partial charge >= 0.3 is 0 Å². The van der Waals surface area contributed by atoms with E-state index in [9.17, 15) is 0 Å². The summed E-state index contributed by atoms with van der Waals surface area (Å²) >= 11 is 0. The standard InChI is InChI=1S/C22H21NO/c1-2-3-11-17-15-19-18-12-7-8-13-20(18)23-21(22(19)24-17)14-16-9-5-4-6-10-16/h4-10,12-13,15H,2-3,11,14H2,1H3. The molecule has 4 rings (SSSR count). The van der Waals surface area contributed by atoms with Crippen molar-refractivity contribution in [3.05, 3.63) is 77.7 Å². The van der Waals surface area contributed by atoms with Crippen LogP contribution in [0, 0.1) is 0 Å². The summed E-state index contributed by atoms with van der Waals surface area (Å²) in [4.78, 5) is 4.90. The molecular weight excluding hydrogens is 294 g/mol. The number of nitrogens with zero attached hydrogens (tertiary/aromatic N) is 1. The van der Waals surface area contributed by atoms with Crippen LogP contribution in [0.5, 0.6) is 0 Å². The molecule has 0 aliphatic rings. The van der Waals surface area contributed by atoms with E-state index in [1.807, 2.05) is 12.1 Å². The average molecular weight is 315 g/mol. The zero-order valence-corrected chi connectivity index (χ0v) is 14.0. The van der Waals surface area contributed by atoms with Crippen molar-refractivity contribution in [2.24, 2.45) is 0 Å². The zero-order chi connectivity index (χ0) is 16.4. The minimum atomic E-state index is 0.795. The fourth-order valence-electron chi connectivity index (χ4n) is 3.23. The summed E-state index contributed by atoms with van der Waals surface area (Å²) in [5.41, 5.74) is 4.27. The highest BCUT2D eigenvalue weighted by atomic mass is 16.3. The van der Waals surface area contributed by atoms with Gasteiger partial charge in [-0.1, -0.05) is 61.9 Å². The van der Waals surface area contributed by atoms with Gasteiger partial charge in [-0.3, -0.25) is 0 Å². The number of para-hydroxylation sites is 1. The summed E-state index contributed by atoms with van der Waals surface area (Å²) in [5, 5.41) is 2.37. The van der Waals surface area contributed by atoms with Crippen LogP contribution in [-0.4, -0.2) is 4.98 Å². The number of rotatable bonds is 5. The molecule has 0 atom stereocenters. The summed E-state index contributed by atoms with van der Waals surface area (Å²) < 4.78 is 6.22. The number of hydrogen-bond acceptors (Lipinski definition) is 2. The molecule has 2 aromatic carbocycles. The number of fused-ring (bicyclic) bond motifs is 3. The second kappa shape index (κ2) is 6.48. The second-order valence-electron chi connectivity index (χ2n) is 6.30. The molecule has 0 bridgehead atoms. The van der Waals surface area contributed by atoms with Crippen LogP contribution in [-0.2, 0) is 12.8 Å². The number of aryl methyl sites for hydroxylation is 1. The van der Waals surface area contributed by atoms with Crippen LogP contribution in [0.25, 0.3) is 21.9 Å². The van der Waals surface area contributed by atoms with Crippen molar-refractivity contribution in [1.82, 2.24) is 4.98 Å². The van der Waals surface area contributed by atoms with Crippen molar-refractivity contribution in [2.75, 3.05) is 0 Å². The van der Waals surface area contributed by atoms with E-state index in [0.29, 0.717) is 0 Å². The predicted octanol–water partition coefficient (Wildman–Crippen LogP) is 5.91. The normalized spacial score (nSPS) is 11.4. The number of hydrogen-bond donors (Lipinski definition) is 0. The van der Waals surface area contributed by atoms with Gasteiger partial charge < -0.3 is 4.42 Å². The Morgan fingerprint density at radius 1 is 0.917 bits per heavy atom. The van der Waals surface area contributed by atoms with E-state index in [0.717, 1.165) is 41.8 Å². The largest absolute Gasteiger partial charge is 0.459 e. The molecule has 2 aromatic heterocycles.